The third kappa shape index (κ3) is 4.69. The molecule has 0 saturated carbocycles. The van der Waals surface area contributed by atoms with E-state index >= 15 is 0 Å². The van der Waals surface area contributed by atoms with E-state index in [4.69, 9.17) is 5.26 Å². The fourth-order valence-corrected chi connectivity index (χ4v) is 1.54. The molecule has 0 radical (unpaired) electrons. The van der Waals surface area contributed by atoms with Gasteiger partial charge < -0.3 is 5.32 Å². The summed E-state index contributed by atoms with van der Waals surface area (Å²) in [4.78, 5) is 11.7. The SMILES string of the molecule is CC(C)CCCNC(=O)c1cccc(C#N)c1. The summed E-state index contributed by atoms with van der Waals surface area (Å²) in [6.07, 6.45) is 2.10. The van der Waals surface area contributed by atoms with E-state index < -0.39 is 0 Å². The zero-order chi connectivity index (χ0) is 12.7. The summed E-state index contributed by atoms with van der Waals surface area (Å²) in [7, 11) is 0. The summed E-state index contributed by atoms with van der Waals surface area (Å²) in [5, 5.41) is 11.6. The van der Waals surface area contributed by atoms with Gasteiger partial charge >= 0.3 is 0 Å². The lowest BCUT2D eigenvalue weighted by Crippen LogP contribution is -2.24. The molecule has 3 nitrogen and oxygen atoms in total. The zero-order valence-electron chi connectivity index (χ0n) is 10.4. The van der Waals surface area contributed by atoms with Crippen LogP contribution in [0.15, 0.2) is 24.3 Å². The Morgan fingerprint density at radius 1 is 1.47 bits per heavy atom. The van der Waals surface area contributed by atoms with Gasteiger partial charge in [0.25, 0.3) is 5.91 Å². The van der Waals surface area contributed by atoms with Gasteiger partial charge in [0.1, 0.15) is 0 Å². The van der Waals surface area contributed by atoms with Crippen molar-refractivity contribution in [3.63, 3.8) is 0 Å². The van der Waals surface area contributed by atoms with Gasteiger partial charge in [0.15, 0.2) is 0 Å². The highest BCUT2D eigenvalue weighted by atomic mass is 16.1. The second-order valence-corrected chi connectivity index (χ2v) is 4.48. The molecule has 0 aromatic heterocycles. The summed E-state index contributed by atoms with van der Waals surface area (Å²) in [5.41, 5.74) is 1.06. The Labute approximate surface area is 102 Å². The lowest BCUT2D eigenvalue weighted by Gasteiger charge is -2.06. The molecule has 0 aliphatic heterocycles. The van der Waals surface area contributed by atoms with Crippen molar-refractivity contribution in [2.45, 2.75) is 26.7 Å². The van der Waals surface area contributed by atoms with E-state index in [-0.39, 0.29) is 5.91 Å². The molecular weight excluding hydrogens is 212 g/mol. The van der Waals surface area contributed by atoms with Crippen molar-refractivity contribution in [3.8, 4) is 6.07 Å². The van der Waals surface area contributed by atoms with Crippen molar-refractivity contribution in [1.29, 1.82) is 5.26 Å². The molecule has 0 aliphatic rings. The molecule has 0 heterocycles. The van der Waals surface area contributed by atoms with Gasteiger partial charge in [-0.2, -0.15) is 5.26 Å². The van der Waals surface area contributed by atoms with Gasteiger partial charge in [-0.1, -0.05) is 19.9 Å². The van der Waals surface area contributed by atoms with Gasteiger partial charge in [-0.3, -0.25) is 4.79 Å². The number of hydrogen-bond acceptors (Lipinski definition) is 2. The topological polar surface area (TPSA) is 52.9 Å². The Bertz CT molecular complexity index is 418. The molecule has 0 aliphatic carbocycles. The summed E-state index contributed by atoms with van der Waals surface area (Å²) in [6, 6.07) is 8.77. The maximum atomic E-state index is 11.7. The summed E-state index contributed by atoms with van der Waals surface area (Å²) < 4.78 is 0. The largest absolute Gasteiger partial charge is 0.352 e. The fraction of sp³-hybridized carbons (Fsp3) is 0.429. The van der Waals surface area contributed by atoms with E-state index in [2.05, 4.69) is 19.2 Å². The van der Waals surface area contributed by atoms with Crippen LogP contribution in [-0.2, 0) is 0 Å². The first-order chi connectivity index (χ1) is 8.13. The molecule has 0 spiro atoms. The Hall–Kier alpha value is -1.82. The standard InChI is InChI=1S/C14H18N2O/c1-11(2)5-4-8-16-14(17)13-7-3-6-12(9-13)10-15/h3,6-7,9,11H,4-5,8H2,1-2H3,(H,16,17). The van der Waals surface area contributed by atoms with E-state index in [1.54, 1.807) is 24.3 Å². The van der Waals surface area contributed by atoms with E-state index in [0.717, 1.165) is 12.8 Å². The molecule has 0 bridgehead atoms. The van der Waals surface area contributed by atoms with Gasteiger partial charge in [0.2, 0.25) is 0 Å². The van der Waals surface area contributed by atoms with Crippen LogP contribution in [0.25, 0.3) is 0 Å². The maximum Gasteiger partial charge on any atom is 0.251 e. The number of carbonyl (C=O) groups excluding carboxylic acids is 1. The maximum absolute atomic E-state index is 11.7. The minimum absolute atomic E-state index is 0.106. The second kappa shape index (κ2) is 6.70. The molecule has 3 heteroatoms. The predicted octanol–water partition coefficient (Wildman–Crippen LogP) is 2.72. The summed E-state index contributed by atoms with van der Waals surface area (Å²) >= 11 is 0. The molecule has 0 unspecified atom stereocenters. The monoisotopic (exact) mass is 230 g/mol. The average molecular weight is 230 g/mol. The van der Waals surface area contributed by atoms with Crippen molar-refractivity contribution in [1.82, 2.24) is 5.32 Å². The predicted molar refractivity (Wildman–Crippen MR) is 67.6 cm³/mol. The number of nitrogens with one attached hydrogen (secondary N) is 1. The van der Waals surface area contributed by atoms with Crippen LogP contribution in [0.2, 0.25) is 0 Å². The summed E-state index contributed by atoms with van der Waals surface area (Å²) in [6.45, 7) is 5.02. The molecule has 1 N–H and O–H groups in total. The zero-order valence-corrected chi connectivity index (χ0v) is 10.4. The lowest BCUT2D eigenvalue weighted by molar-refractivity contribution is 0.0952. The summed E-state index contributed by atoms with van der Waals surface area (Å²) in [5.74, 6) is 0.555. The minimum atomic E-state index is -0.106. The highest BCUT2D eigenvalue weighted by molar-refractivity contribution is 5.94. The number of benzene rings is 1. The van der Waals surface area contributed by atoms with Gasteiger partial charge in [-0.15, -0.1) is 0 Å². The van der Waals surface area contributed by atoms with E-state index in [1.807, 2.05) is 6.07 Å². The van der Waals surface area contributed by atoms with Crippen LogP contribution in [0, 0.1) is 17.2 Å². The highest BCUT2D eigenvalue weighted by Crippen LogP contribution is 2.05. The third-order valence-corrected chi connectivity index (χ3v) is 2.50. The van der Waals surface area contributed by atoms with Crippen LogP contribution in [0.1, 0.15) is 42.6 Å². The molecule has 17 heavy (non-hydrogen) atoms. The Kier molecular flexibility index (Phi) is 5.22. The van der Waals surface area contributed by atoms with Gasteiger partial charge in [-0.25, -0.2) is 0 Å². The van der Waals surface area contributed by atoms with Crippen molar-refractivity contribution < 1.29 is 4.79 Å². The second-order valence-electron chi connectivity index (χ2n) is 4.48. The highest BCUT2D eigenvalue weighted by Gasteiger charge is 2.05. The van der Waals surface area contributed by atoms with Crippen LogP contribution in [0.3, 0.4) is 0 Å². The number of amides is 1. The molecular formula is C14H18N2O. The first kappa shape index (κ1) is 13.2. The van der Waals surface area contributed by atoms with Crippen LogP contribution in [0.4, 0.5) is 0 Å². The molecule has 90 valence electrons. The minimum Gasteiger partial charge on any atom is -0.352 e. The van der Waals surface area contributed by atoms with Crippen LogP contribution < -0.4 is 5.32 Å². The van der Waals surface area contributed by atoms with Gasteiger partial charge in [0, 0.05) is 12.1 Å². The van der Waals surface area contributed by atoms with Crippen LogP contribution in [0.5, 0.6) is 0 Å². The van der Waals surface area contributed by atoms with Crippen LogP contribution >= 0.6 is 0 Å². The third-order valence-electron chi connectivity index (χ3n) is 2.50. The van der Waals surface area contributed by atoms with E-state index in [1.165, 1.54) is 0 Å². The van der Waals surface area contributed by atoms with Gasteiger partial charge in [0.05, 0.1) is 11.6 Å². The number of nitriles is 1. The smallest absolute Gasteiger partial charge is 0.251 e. The van der Waals surface area contributed by atoms with Crippen molar-refractivity contribution >= 4 is 5.91 Å². The molecule has 1 rings (SSSR count). The molecule has 1 amide bonds. The molecule has 0 fully saturated rings. The Morgan fingerprint density at radius 3 is 2.88 bits per heavy atom. The average Bonchev–Trinajstić information content (AvgIpc) is 2.34. The normalized spacial score (nSPS) is 10.0. The Morgan fingerprint density at radius 2 is 2.24 bits per heavy atom. The van der Waals surface area contributed by atoms with Crippen LogP contribution in [-0.4, -0.2) is 12.5 Å². The van der Waals surface area contributed by atoms with Crippen molar-refractivity contribution in [2.24, 2.45) is 5.92 Å². The van der Waals surface area contributed by atoms with Crippen molar-refractivity contribution in [2.75, 3.05) is 6.54 Å². The van der Waals surface area contributed by atoms with Crippen molar-refractivity contribution in [3.05, 3.63) is 35.4 Å². The Balaban J connectivity index is 2.44. The lowest BCUT2D eigenvalue weighted by atomic mass is 10.1. The van der Waals surface area contributed by atoms with Gasteiger partial charge in [-0.05, 0) is 37.0 Å². The number of hydrogen-bond donors (Lipinski definition) is 1. The molecule has 0 atom stereocenters. The molecule has 0 saturated heterocycles. The molecule has 1 aromatic rings. The van der Waals surface area contributed by atoms with E-state index in [9.17, 15) is 4.79 Å². The first-order valence-corrected chi connectivity index (χ1v) is 5.92. The number of nitrogens with zero attached hydrogens (tertiary/aromatic N) is 1. The number of carbonyl (C=O) groups is 1. The number of rotatable bonds is 5. The molecule has 1 aromatic carbocycles. The quantitative estimate of drug-likeness (QED) is 0.791. The van der Waals surface area contributed by atoms with E-state index in [0.29, 0.717) is 23.6 Å². The fourth-order valence-electron chi connectivity index (χ4n) is 1.54. The first-order valence-electron chi connectivity index (χ1n) is 5.92.